The summed E-state index contributed by atoms with van der Waals surface area (Å²) in [6.07, 6.45) is 1.80. The molecule has 0 N–H and O–H groups in total. The summed E-state index contributed by atoms with van der Waals surface area (Å²) in [7, 11) is 0. The van der Waals surface area contributed by atoms with Crippen LogP contribution < -0.4 is 13.2 Å². The number of rotatable bonds is 6. The van der Waals surface area contributed by atoms with Crippen LogP contribution in [-0.4, -0.2) is 36.4 Å². The van der Waals surface area contributed by atoms with Crippen LogP contribution in [0.3, 0.4) is 0 Å². The van der Waals surface area contributed by atoms with Gasteiger partial charge in [-0.05, 0) is 0 Å². The van der Waals surface area contributed by atoms with E-state index in [0.717, 1.165) is 5.56 Å². The van der Waals surface area contributed by atoms with E-state index in [1.165, 1.54) is 17.6 Å². The van der Waals surface area contributed by atoms with Gasteiger partial charge in [0.25, 0.3) is 0 Å². The fourth-order valence-corrected chi connectivity index (χ4v) is 15.4. The van der Waals surface area contributed by atoms with Crippen molar-refractivity contribution in [1.29, 1.82) is 0 Å². The molecule has 1 aliphatic heterocycles. The summed E-state index contributed by atoms with van der Waals surface area (Å²) in [5.41, 5.74) is 0.689. The summed E-state index contributed by atoms with van der Waals surface area (Å²) in [5, 5.41) is 0. The molecular formula is C31H29GeNO2. The third-order valence-corrected chi connectivity index (χ3v) is 16.9. The van der Waals surface area contributed by atoms with E-state index in [2.05, 4.69) is 135 Å². The van der Waals surface area contributed by atoms with Gasteiger partial charge in [-0.15, -0.1) is 0 Å². The molecule has 0 bridgehead atoms. The Morgan fingerprint density at radius 1 is 0.714 bits per heavy atom. The van der Waals surface area contributed by atoms with Crippen LogP contribution in [-0.2, 0) is 4.74 Å². The number of hydrogen-bond acceptors (Lipinski definition) is 2. The van der Waals surface area contributed by atoms with Crippen LogP contribution in [0, 0.1) is 0 Å². The molecule has 0 aromatic heterocycles. The standard InChI is InChI=1S/C31H29GeNO2/c1-31(2)24-35-30(34)33(31)23-29(25-15-7-3-8-16-25)32(26-17-9-4-10-18-26,27-19-11-5-12-20-27)28-21-13-6-14-22-28/h3-23H,24H2,1-2H3. The summed E-state index contributed by atoms with van der Waals surface area (Å²) < 4.78 is 10.6. The zero-order chi connectivity index (χ0) is 24.3. The fraction of sp³-hybridized carbons (Fsp3) is 0.129. The van der Waals surface area contributed by atoms with Gasteiger partial charge in [0.1, 0.15) is 0 Å². The summed E-state index contributed by atoms with van der Waals surface area (Å²) in [6.45, 7) is 4.48. The Labute approximate surface area is 210 Å². The van der Waals surface area contributed by atoms with Gasteiger partial charge in [0.15, 0.2) is 0 Å². The Kier molecular flexibility index (Phi) is 6.35. The zero-order valence-corrected chi connectivity index (χ0v) is 22.2. The molecule has 1 amide bonds. The first kappa shape index (κ1) is 23.2. The fourth-order valence-electron chi connectivity index (χ4n) is 5.02. The van der Waals surface area contributed by atoms with Gasteiger partial charge in [-0.25, -0.2) is 0 Å². The van der Waals surface area contributed by atoms with Crippen LogP contribution in [0.1, 0.15) is 19.4 Å². The number of amides is 1. The van der Waals surface area contributed by atoms with Gasteiger partial charge in [-0.2, -0.15) is 0 Å². The molecule has 1 saturated heterocycles. The molecule has 35 heavy (non-hydrogen) atoms. The number of nitrogens with zero attached hydrogens (tertiary/aromatic N) is 1. The molecule has 174 valence electrons. The molecule has 0 spiro atoms. The summed E-state index contributed by atoms with van der Waals surface area (Å²) in [4.78, 5) is 14.8. The predicted molar refractivity (Wildman–Crippen MR) is 146 cm³/mol. The molecule has 4 heteroatoms. The molecule has 4 aromatic rings. The number of ether oxygens (including phenoxy) is 1. The predicted octanol–water partition coefficient (Wildman–Crippen LogP) is 4.97. The van der Waals surface area contributed by atoms with E-state index in [1.54, 1.807) is 4.90 Å². The molecule has 0 aliphatic carbocycles. The first-order chi connectivity index (χ1) is 17.0. The van der Waals surface area contributed by atoms with Gasteiger partial charge in [0, 0.05) is 0 Å². The topological polar surface area (TPSA) is 29.5 Å². The van der Waals surface area contributed by atoms with E-state index in [9.17, 15) is 4.79 Å². The monoisotopic (exact) mass is 521 g/mol. The van der Waals surface area contributed by atoms with Gasteiger partial charge in [-0.1, -0.05) is 0 Å². The van der Waals surface area contributed by atoms with E-state index >= 15 is 0 Å². The summed E-state index contributed by atoms with van der Waals surface area (Å²) in [5.74, 6) is 0. The van der Waals surface area contributed by atoms with E-state index in [0.29, 0.717) is 6.61 Å². The first-order valence-corrected chi connectivity index (χ1v) is 16.1. The van der Waals surface area contributed by atoms with Crippen LogP contribution in [0.4, 0.5) is 4.79 Å². The van der Waals surface area contributed by atoms with E-state index in [-0.39, 0.29) is 6.09 Å². The normalized spacial score (nSPS) is 15.7. The third kappa shape index (κ3) is 4.21. The molecule has 1 heterocycles. The van der Waals surface area contributed by atoms with Gasteiger partial charge in [0.05, 0.1) is 0 Å². The quantitative estimate of drug-likeness (QED) is 0.337. The molecule has 3 nitrogen and oxygen atoms in total. The zero-order valence-electron chi connectivity index (χ0n) is 20.1. The number of hydrogen-bond donors (Lipinski definition) is 0. The number of carbonyl (C=O) groups is 1. The average molecular weight is 520 g/mol. The molecular weight excluding hydrogens is 491 g/mol. The van der Waals surface area contributed by atoms with Crippen molar-refractivity contribution in [2.45, 2.75) is 19.4 Å². The van der Waals surface area contributed by atoms with Crippen molar-refractivity contribution in [1.82, 2.24) is 4.90 Å². The van der Waals surface area contributed by atoms with Crippen LogP contribution in [0.25, 0.3) is 4.41 Å². The van der Waals surface area contributed by atoms with Crippen LogP contribution >= 0.6 is 0 Å². The van der Waals surface area contributed by atoms with Crippen molar-refractivity contribution in [3.05, 3.63) is 133 Å². The Morgan fingerprint density at radius 2 is 1.11 bits per heavy atom. The molecule has 4 aromatic carbocycles. The third-order valence-electron chi connectivity index (χ3n) is 6.77. The molecule has 0 atom stereocenters. The van der Waals surface area contributed by atoms with E-state index in [1.807, 2.05) is 6.07 Å². The maximum absolute atomic E-state index is 13.0. The minimum atomic E-state index is -3.60. The van der Waals surface area contributed by atoms with Crippen LogP contribution in [0.5, 0.6) is 0 Å². The number of carbonyl (C=O) groups excluding carboxylic acids is 1. The van der Waals surface area contributed by atoms with Gasteiger partial charge >= 0.3 is 210 Å². The molecule has 1 aliphatic rings. The van der Waals surface area contributed by atoms with Gasteiger partial charge < -0.3 is 0 Å². The number of benzene rings is 4. The van der Waals surface area contributed by atoms with Crippen molar-refractivity contribution in [3.63, 3.8) is 0 Å². The molecule has 0 unspecified atom stereocenters. The number of cyclic esters (lactones) is 1. The van der Waals surface area contributed by atoms with Gasteiger partial charge in [0.2, 0.25) is 0 Å². The van der Waals surface area contributed by atoms with Crippen molar-refractivity contribution in [2.75, 3.05) is 6.61 Å². The van der Waals surface area contributed by atoms with Crippen LogP contribution in [0.2, 0.25) is 0 Å². The van der Waals surface area contributed by atoms with Crippen LogP contribution in [0.15, 0.2) is 128 Å². The molecule has 5 rings (SSSR count). The Bertz CT molecular complexity index is 1220. The van der Waals surface area contributed by atoms with E-state index < -0.39 is 18.8 Å². The second-order valence-corrected chi connectivity index (χ2v) is 17.4. The van der Waals surface area contributed by atoms with Gasteiger partial charge in [-0.3, -0.25) is 0 Å². The molecule has 0 saturated carbocycles. The first-order valence-electron chi connectivity index (χ1n) is 11.9. The van der Waals surface area contributed by atoms with Crippen molar-refractivity contribution in [3.8, 4) is 0 Å². The Hall–Kier alpha value is -3.57. The SMILES string of the molecule is CC1(C)COC(=O)N1C=[C](c1ccccc1)[Ge]([c]1ccccc1)([c]1ccccc1)[c]1ccccc1. The molecule has 0 radical (unpaired) electrons. The second kappa shape index (κ2) is 9.59. The second-order valence-electron chi connectivity index (χ2n) is 9.49. The Balaban J connectivity index is 1.93. The summed E-state index contributed by atoms with van der Waals surface area (Å²) >= 11 is -3.60. The summed E-state index contributed by atoms with van der Waals surface area (Å²) in [6, 6.07) is 43.0. The average Bonchev–Trinajstić information content (AvgIpc) is 3.17. The maximum atomic E-state index is 13.0. The Morgan fingerprint density at radius 3 is 1.49 bits per heavy atom. The minimum absolute atomic E-state index is 0.297. The van der Waals surface area contributed by atoms with Crippen molar-refractivity contribution in [2.24, 2.45) is 0 Å². The molecule has 1 fully saturated rings. The van der Waals surface area contributed by atoms with E-state index in [4.69, 9.17) is 4.74 Å². The van der Waals surface area contributed by atoms with Crippen molar-refractivity contribution >= 4 is 37.0 Å². The van der Waals surface area contributed by atoms with Crippen molar-refractivity contribution < 1.29 is 9.53 Å².